The highest BCUT2D eigenvalue weighted by molar-refractivity contribution is 9.10. The van der Waals surface area contributed by atoms with Gasteiger partial charge in [-0.1, -0.05) is 34.1 Å². The average molecular weight is 387 g/mol. The van der Waals surface area contributed by atoms with Gasteiger partial charge in [0.2, 0.25) is 6.79 Å². The van der Waals surface area contributed by atoms with Gasteiger partial charge in [-0.2, -0.15) is 0 Å². The number of hydrazine groups is 1. The molecule has 0 radical (unpaired) electrons. The second-order valence-corrected chi connectivity index (χ2v) is 6.06. The van der Waals surface area contributed by atoms with E-state index in [-0.39, 0.29) is 12.4 Å². The van der Waals surface area contributed by atoms with Crippen molar-refractivity contribution in [1.82, 2.24) is 5.43 Å². The lowest BCUT2D eigenvalue weighted by molar-refractivity contribution is -0.117. The summed E-state index contributed by atoms with van der Waals surface area (Å²) in [5.74, 6) is 0.345. The minimum absolute atomic E-state index is 0.0541. The summed E-state index contributed by atoms with van der Waals surface area (Å²) in [5.41, 5.74) is 3.88. The second kappa shape index (κ2) is 5.68. The number of amides is 2. The van der Waals surface area contributed by atoms with E-state index in [0.717, 1.165) is 0 Å². The first kappa shape index (κ1) is 14.8. The zero-order chi connectivity index (χ0) is 16.7. The summed E-state index contributed by atoms with van der Waals surface area (Å²) in [7, 11) is 0. The van der Waals surface area contributed by atoms with Crippen molar-refractivity contribution in [2.24, 2.45) is 0 Å². The summed E-state index contributed by atoms with van der Waals surface area (Å²) in [6.45, 7) is 0.156. The maximum Gasteiger partial charge on any atom is 0.282 e. The van der Waals surface area contributed by atoms with Gasteiger partial charge in [-0.25, -0.2) is 5.01 Å². The highest BCUT2D eigenvalue weighted by atomic mass is 79.9. The van der Waals surface area contributed by atoms with Gasteiger partial charge < -0.3 is 9.47 Å². The fraction of sp³-hybridized carbons (Fsp3) is 0.0588. The molecule has 120 valence electrons. The third kappa shape index (κ3) is 2.43. The largest absolute Gasteiger partial charge is 0.454 e. The second-order valence-electron chi connectivity index (χ2n) is 5.20. The molecule has 2 heterocycles. The van der Waals surface area contributed by atoms with E-state index in [9.17, 15) is 9.59 Å². The number of carbonyl (C=O) groups excluding carboxylic acids is 2. The smallest absolute Gasteiger partial charge is 0.282 e. The summed E-state index contributed by atoms with van der Waals surface area (Å²) >= 11 is 3.42. The van der Waals surface area contributed by atoms with Crippen molar-refractivity contribution in [2.75, 3.05) is 11.8 Å². The van der Waals surface area contributed by atoms with Crippen LogP contribution in [0.4, 0.5) is 5.69 Å². The SMILES string of the molecule is O=C1NN(c2ccccc2)C(=O)/C1=C\c1cc2c(cc1Br)OCO2. The van der Waals surface area contributed by atoms with E-state index >= 15 is 0 Å². The third-order valence-electron chi connectivity index (χ3n) is 3.70. The molecule has 0 aromatic heterocycles. The predicted octanol–water partition coefficient (Wildman–Crippen LogP) is 2.64. The first-order chi connectivity index (χ1) is 11.6. The lowest BCUT2D eigenvalue weighted by Crippen LogP contribution is -2.35. The molecular weight excluding hydrogens is 376 g/mol. The number of anilines is 1. The van der Waals surface area contributed by atoms with Gasteiger partial charge >= 0.3 is 0 Å². The summed E-state index contributed by atoms with van der Waals surface area (Å²) in [6.07, 6.45) is 1.53. The molecule has 2 aromatic rings. The van der Waals surface area contributed by atoms with E-state index in [1.165, 1.54) is 11.1 Å². The molecule has 0 bridgehead atoms. The molecule has 1 saturated heterocycles. The number of nitrogens with one attached hydrogen (secondary N) is 1. The molecule has 6 nitrogen and oxygen atoms in total. The Labute approximate surface area is 145 Å². The van der Waals surface area contributed by atoms with Crippen LogP contribution in [0.2, 0.25) is 0 Å². The Morgan fingerprint density at radius 1 is 1.08 bits per heavy atom. The monoisotopic (exact) mass is 386 g/mol. The van der Waals surface area contributed by atoms with Gasteiger partial charge in [0, 0.05) is 4.47 Å². The summed E-state index contributed by atoms with van der Waals surface area (Å²) in [4.78, 5) is 24.8. The Kier molecular flexibility index (Phi) is 3.50. The normalized spacial score (nSPS) is 17.5. The topological polar surface area (TPSA) is 67.9 Å². The Balaban J connectivity index is 1.71. The van der Waals surface area contributed by atoms with Crippen LogP contribution in [0.5, 0.6) is 11.5 Å². The number of hydrogen-bond donors (Lipinski definition) is 1. The van der Waals surface area contributed by atoms with Gasteiger partial charge in [0.1, 0.15) is 5.57 Å². The highest BCUT2D eigenvalue weighted by Gasteiger charge is 2.34. The summed E-state index contributed by atoms with van der Waals surface area (Å²) in [5, 5.41) is 1.23. The molecule has 2 aromatic carbocycles. The van der Waals surface area contributed by atoms with Gasteiger partial charge in [-0.05, 0) is 35.9 Å². The van der Waals surface area contributed by atoms with Crippen LogP contribution in [-0.4, -0.2) is 18.6 Å². The number of fused-ring (bicyclic) bond motifs is 1. The maximum absolute atomic E-state index is 12.6. The van der Waals surface area contributed by atoms with Gasteiger partial charge in [0.05, 0.1) is 5.69 Å². The quantitative estimate of drug-likeness (QED) is 0.636. The van der Waals surface area contributed by atoms with Crippen LogP contribution in [0.3, 0.4) is 0 Å². The zero-order valence-electron chi connectivity index (χ0n) is 12.3. The summed E-state index contributed by atoms with van der Waals surface area (Å²) < 4.78 is 11.3. The van der Waals surface area contributed by atoms with Gasteiger partial charge in [-0.3, -0.25) is 15.0 Å². The molecule has 2 aliphatic heterocycles. The van der Waals surface area contributed by atoms with Crippen molar-refractivity contribution in [1.29, 1.82) is 0 Å². The molecule has 4 rings (SSSR count). The van der Waals surface area contributed by atoms with Crippen molar-refractivity contribution >= 4 is 39.5 Å². The molecular formula is C17H11BrN2O4. The average Bonchev–Trinajstić information content (AvgIpc) is 3.14. The van der Waals surface area contributed by atoms with Crippen molar-refractivity contribution in [3.05, 3.63) is 58.1 Å². The van der Waals surface area contributed by atoms with E-state index in [0.29, 0.717) is 27.2 Å². The van der Waals surface area contributed by atoms with Crippen molar-refractivity contribution in [3.8, 4) is 11.5 Å². The number of para-hydroxylation sites is 1. The molecule has 1 N–H and O–H groups in total. The number of benzene rings is 2. The van der Waals surface area contributed by atoms with Crippen molar-refractivity contribution in [3.63, 3.8) is 0 Å². The number of rotatable bonds is 2. The zero-order valence-corrected chi connectivity index (χ0v) is 13.9. The lowest BCUT2D eigenvalue weighted by atomic mass is 10.1. The van der Waals surface area contributed by atoms with E-state index in [2.05, 4.69) is 21.4 Å². The molecule has 24 heavy (non-hydrogen) atoms. The predicted molar refractivity (Wildman–Crippen MR) is 90.3 cm³/mol. The van der Waals surface area contributed by atoms with Crippen LogP contribution >= 0.6 is 15.9 Å². The van der Waals surface area contributed by atoms with Crippen molar-refractivity contribution < 1.29 is 19.1 Å². The first-order valence-electron chi connectivity index (χ1n) is 7.15. The Morgan fingerprint density at radius 3 is 2.54 bits per heavy atom. The van der Waals surface area contributed by atoms with E-state index in [1.807, 2.05) is 6.07 Å². The minimum Gasteiger partial charge on any atom is -0.454 e. The molecule has 1 fully saturated rings. The van der Waals surface area contributed by atoms with Crippen LogP contribution in [0.1, 0.15) is 5.56 Å². The van der Waals surface area contributed by atoms with Gasteiger partial charge in [-0.15, -0.1) is 0 Å². The van der Waals surface area contributed by atoms with Crippen LogP contribution in [0, 0.1) is 0 Å². The molecule has 0 unspecified atom stereocenters. The Morgan fingerprint density at radius 2 is 1.79 bits per heavy atom. The van der Waals surface area contributed by atoms with Crippen LogP contribution < -0.4 is 19.9 Å². The lowest BCUT2D eigenvalue weighted by Gasteiger charge is -2.13. The Hall–Kier alpha value is -2.80. The number of ether oxygens (including phenoxy) is 2. The molecule has 0 spiro atoms. The number of carbonyl (C=O) groups is 2. The van der Waals surface area contributed by atoms with Crippen LogP contribution in [0.25, 0.3) is 6.08 Å². The molecule has 0 aliphatic carbocycles. The van der Waals surface area contributed by atoms with E-state index < -0.39 is 11.8 Å². The third-order valence-corrected chi connectivity index (χ3v) is 4.38. The van der Waals surface area contributed by atoms with Crippen LogP contribution in [0.15, 0.2) is 52.5 Å². The highest BCUT2D eigenvalue weighted by Crippen LogP contribution is 2.38. The molecule has 0 atom stereocenters. The fourth-order valence-corrected chi connectivity index (χ4v) is 2.95. The minimum atomic E-state index is -0.451. The Bertz CT molecular complexity index is 880. The van der Waals surface area contributed by atoms with E-state index in [4.69, 9.17) is 9.47 Å². The molecule has 7 heteroatoms. The van der Waals surface area contributed by atoms with Gasteiger partial charge in [0.15, 0.2) is 11.5 Å². The fourth-order valence-electron chi connectivity index (χ4n) is 2.52. The van der Waals surface area contributed by atoms with Crippen molar-refractivity contribution in [2.45, 2.75) is 0 Å². The van der Waals surface area contributed by atoms with Gasteiger partial charge in [0.25, 0.3) is 11.8 Å². The number of halogens is 1. The maximum atomic E-state index is 12.6. The number of nitrogens with zero attached hydrogens (tertiary/aromatic N) is 1. The molecule has 2 amide bonds. The molecule has 0 saturated carbocycles. The first-order valence-corrected chi connectivity index (χ1v) is 7.94. The molecule has 2 aliphatic rings. The van der Waals surface area contributed by atoms with E-state index in [1.54, 1.807) is 36.4 Å². The standard InChI is InChI=1S/C17H11BrN2O4/c18-13-8-15-14(23-9-24-15)7-10(13)6-12-16(21)19-20(17(12)22)11-4-2-1-3-5-11/h1-8H,9H2,(H,19,21)/b12-6-. The number of hydrogen-bond acceptors (Lipinski definition) is 4. The van der Waals surface area contributed by atoms with Crippen LogP contribution in [-0.2, 0) is 9.59 Å². The summed E-state index contributed by atoms with van der Waals surface area (Å²) in [6, 6.07) is 12.4.